The number of nitrogens with one attached hydrogen (secondary N) is 2. The number of benzene rings is 2. The standard InChI is InChI=1S/C20H16ClFN2O3S/c1-11-16(12-6-8-14(22)9-7-12)17(19(25)27-2)18(28-11)24-20(26)23-15-5-3-4-13(21)10-15/h3-10H,1-2H3,(H2,23,24,26). The molecule has 3 aromatic rings. The summed E-state index contributed by atoms with van der Waals surface area (Å²) in [4.78, 5) is 25.6. The van der Waals surface area contributed by atoms with E-state index in [0.717, 1.165) is 4.88 Å². The van der Waals surface area contributed by atoms with Crippen LogP contribution in [0, 0.1) is 12.7 Å². The zero-order chi connectivity index (χ0) is 20.3. The summed E-state index contributed by atoms with van der Waals surface area (Å²) < 4.78 is 18.2. The van der Waals surface area contributed by atoms with E-state index in [2.05, 4.69) is 10.6 Å². The van der Waals surface area contributed by atoms with E-state index < -0.39 is 12.0 Å². The molecule has 1 heterocycles. The van der Waals surface area contributed by atoms with Crippen molar-refractivity contribution in [3.63, 3.8) is 0 Å². The first-order valence-corrected chi connectivity index (χ1v) is 9.39. The van der Waals surface area contributed by atoms with Crippen molar-refractivity contribution >= 4 is 45.6 Å². The SMILES string of the molecule is COC(=O)c1c(NC(=O)Nc2cccc(Cl)c2)sc(C)c1-c1ccc(F)cc1. The smallest absolute Gasteiger partial charge is 0.341 e. The minimum atomic E-state index is -0.596. The topological polar surface area (TPSA) is 67.4 Å². The number of esters is 1. The second kappa shape index (κ2) is 8.41. The van der Waals surface area contributed by atoms with Crippen molar-refractivity contribution in [3.05, 3.63) is 69.8 Å². The summed E-state index contributed by atoms with van der Waals surface area (Å²) in [5.74, 6) is -0.975. The largest absolute Gasteiger partial charge is 0.465 e. The number of rotatable bonds is 4. The molecule has 2 amide bonds. The second-order valence-corrected chi connectivity index (χ2v) is 7.49. The average molecular weight is 419 g/mol. The number of aryl methyl sites for hydroxylation is 1. The zero-order valence-electron chi connectivity index (χ0n) is 15.0. The van der Waals surface area contributed by atoms with Crippen LogP contribution in [0.4, 0.5) is 19.9 Å². The van der Waals surface area contributed by atoms with Crippen LogP contribution in [0.1, 0.15) is 15.2 Å². The molecule has 0 aliphatic heterocycles. The Hall–Kier alpha value is -2.90. The molecule has 0 bridgehead atoms. The number of ether oxygens (including phenoxy) is 1. The lowest BCUT2D eigenvalue weighted by atomic mass is 10.0. The van der Waals surface area contributed by atoms with Gasteiger partial charge >= 0.3 is 12.0 Å². The normalized spacial score (nSPS) is 10.4. The monoisotopic (exact) mass is 418 g/mol. The summed E-state index contributed by atoms with van der Waals surface area (Å²) in [6, 6.07) is 11.9. The van der Waals surface area contributed by atoms with Gasteiger partial charge in [-0.25, -0.2) is 14.0 Å². The Balaban J connectivity index is 1.94. The molecule has 8 heteroatoms. The molecule has 2 aromatic carbocycles. The fourth-order valence-electron chi connectivity index (χ4n) is 2.73. The summed E-state index contributed by atoms with van der Waals surface area (Å²) in [7, 11) is 1.26. The molecule has 28 heavy (non-hydrogen) atoms. The number of urea groups is 1. The summed E-state index contributed by atoms with van der Waals surface area (Å²) in [6.45, 7) is 1.82. The molecular formula is C20H16ClFN2O3S. The Kier molecular flexibility index (Phi) is 5.96. The molecule has 0 spiro atoms. The van der Waals surface area contributed by atoms with E-state index in [0.29, 0.717) is 26.8 Å². The molecule has 0 radical (unpaired) electrons. The van der Waals surface area contributed by atoms with Crippen LogP contribution in [0.5, 0.6) is 0 Å². The maximum absolute atomic E-state index is 13.3. The summed E-state index contributed by atoms with van der Waals surface area (Å²) in [5.41, 5.74) is 1.98. The molecule has 0 fully saturated rings. The van der Waals surface area contributed by atoms with Gasteiger partial charge in [0.15, 0.2) is 0 Å². The van der Waals surface area contributed by atoms with Crippen molar-refractivity contribution < 1.29 is 18.7 Å². The van der Waals surface area contributed by atoms with Crippen molar-refractivity contribution in [2.45, 2.75) is 6.92 Å². The van der Waals surface area contributed by atoms with E-state index in [-0.39, 0.29) is 11.4 Å². The molecule has 2 N–H and O–H groups in total. The van der Waals surface area contributed by atoms with Gasteiger partial charge in [-0.1, -0.05) is 29.8 Å². The van der Waals surface area contributed by atoms with Crippen LogP contribution in [-0.2, 0) is 4.74 Å². The predicted molar refractivity (Wildman–Crippen MR) is 110 cm³/mol. The number of amides is 2. The Bertz CT molecular complexity index is 1030. The molecule has 144 valence electrons. The van der Waals surface area contributed by atoms with Crippen LogP contribution in [-0.4, -0.2) is 19.1 Å². The zero-order valence-corrected chi connectivity index (χ0v) is 16.6. The van der Waals surface area contributed by atoms with Crippen LogP contribution in [0.15, 0.2) is 48.5 Å². The van der Waals surface area contributed by atoms with Gasteiger partial charge in [0.2, 0.25) is 0 Å². The number of carbonyl (C=O) groups excluding carboxylic acids is 2. The summed E-state index contributed by atoms with van der Waals surface area (Å²) in [6.07, 6.45) is 0. The van der Waals surface area contributed by atoms with Gasteiger partial charge in [0.25, 0.3) is 0 Å². The van der Waals surface area contributed by atoms with Gasteiger partial charge in [0, 0.05) is 21.2 Å². The third kappa shape index (κ3) is 4.32. The Morgan fingerprint density at radius 3 is 2.46 bits per heavy atom. The molecular weight excluding hydrogens is 403 g/mol. The lowest BCUT2D eigenvalue weighted by Gasteiger charge is -2.09. The van der Waals surface area contributed by atoms with Gasteiger partial charge in [-0.05, 0) is 42.8 Å². The van der Waals surface area contributed by atoms with Gasteiger partial charge in [0.05, 0.1) is 7.11 Å². The molecule has 0 atom stereocenters. The highest BCUT2D eigenvalue weighted by molar-refractivity contribution is 7.17. The van der Waals surface area contributed by atoms with Gasteiger partial charge in [-0.2, -0.15) is 0 Å². The first-order valence-electron chi connectivity index (χ1n) is 8.20. The van der Waals surface area contributed by atoms with Crippen molar-refractivity contribution in [3.8, 4) is 11.1 Å². The highest BCUT2D eigenvalue weighted by Crippen LogP contribution is 2.40. The third-order valence-corrected chi connectivity index (χ3v) is 5.17. The van der Waals surface area contributed by atoms with Crippen molar-refractivity contribution in [1.29, 1.82) is 0 Å². The molecule has 3 rings (SSSR count). The predicted octanol–water partition coefficient (Wildman–Crippen LogP) is 5.95. The van der Waals surface area contributed by atoms with E-state index in [1.54, 1.807) is 36.4 Å². The lowest BCUT2D eigenvalue weighted by molar-refractivity contribution is 0.0603. The van der Waals surface area contributed by atoms with Crippen LogP contribution in [0.2, 0.25) is 5.02 Å². The fraction of sp³-hybridized carbons (Fsp3) is 0.100. The highest BCUT2D eigenvalue weighted by atomic mass is 35.5. The summed E-state index contributed by atoms with van der Waals surface area (Å²) in [5, 5.41) is 6.17. The minimum Gasteiger partial charge on any atom is -0.465 e. The third-order valence-electron chi connectivity index (χ3n) is 3.92. The van der Waals surface area contributed by atoms with Gasteiger partial charge in [0.1, 0.15) is 16.4 Å². The molecule has 1 aromatic heterocycles. The van der Waals surface area contributed by atoms with E-state index in [1.807, 2.05) is 6.92 Å². The molecule has 0 aliphatic rings. The number of methoxy groups -OCH3 is 1. The van der Waals surface area contributed by atoms with E-state index in [4.69, 9.17) is 16.3 Å². The quantitative estimate of drug-likeness (QED) is 0.514. The number of thiophene rings is 1. The molecule has 0 aliphatic carbocycles. The second-order valence-electron chi connectivity index (χ2n) is 5.83. The Labute approximate surface area is 170 Å². The Morgan fingerprint density at radius 1 is 1.11 bits per heavy atom. The van der Waals surface area contributed by atoms with Crippen LogP contribution in [0.25, 0.3) is 11.1 Å². The molecule has 0 unspecified atom stereocenters. The van der Waals surface area contributed by atoms with E-state index >= 15 is 0 Å². The van der Waals surface area contributed by atoms with Crippen molar-refractivity contribution in [2.75, 3.05) is 17.7 Å². The molecule has 5 nitrogen and oxygen atoms in total. The van der Waals surface area contributed by atoms with Crippen LogP contribution < -0.4 is 10.6 Å². The van der Waals surface area contributed by atoms with Gasteiger partial charge < -0.3 is 10.1 Å². The van der Waals surface area contributed by atoms with E-state index in [9.17, 15) is 14.0 Å². The van der Waals surface area contributed by atoms with E-state index in [1.165, 1.54) is 30.6 Å². The number of anilines is 2. The Morgan fingerprint density at radius 2 is 1.82 bits per heavy atom. The van der Waals surface area contributed by atoms with Gasteiger partial charge in [-0.3, -0.25) is 5.32 Å². The number of halogens is 2. The number of carbonyl (C=O) groups is 2. The number of hydrogen-bond acceptors (Lipinski definition) is 4. The van der Waals surface area contributed by atoms with Crippen LogP contribution in [0.3, 0.4) is 0 Å². The fourth-order valence-corrected chi connectivity index (χ4v) is 3.98. The first-order chi connectivity index (χ1) is 13.4. The molecule has 0 saturated heterocycles. The molecule has 0 saturated carbocycles. The first kappa shape index (κ1) is 19.9. The number of hydrogen-bond donors (Lipinski definition) is 2. The van der Waals surface area contributed by atoms with Crippen molar-refractivity contribution in [1.82, 2.24) is 0 Å². The van der Waals surface area contributed by atoms with Crippen LogP contribution >= 0.6 is 22.9 Å². The van der Waals surface area contributed by atoms with Crippen molar-refractivity contribution in [2.24, 2.45) is 0 Å². The average Bonchev–Trinajstić information content (AvgIpc) is 2.97. The minimum absolute atomic E-state index is 0.220. The maximum Gasteiger partial charge on any atom is 0.341 e. The summed E-state index contributed by atoms with van der Waals surface area (Å²) >= 11 is 7.15. The van der Waals surface area contributed by atoms with Gasteiger partial charge in [-0.15, -0.1) is 11.3 Å². The lowest BCUT2D eigenvalue weighted by Crippen LogP contribution is -2.20. The highest BCUT2D eigenvalue weighted by Gasteiger charge is 2.25. The maximum atomic E-state index is 13.3.